The molecule has 0 saturated heterocycles. The number of halogens is 2. The molecule has 0 unspecified atom stereocenters. The summed E-state index contributed by atoms with van der Waals surface area (Å²) in [7, 11) is 0. The third-order valence-corrected chi connectivity index (χ3v) is 6.96. The first-order valence-corrected chi connectivity index (χ1v) is 12.4. The Morgan fingerprint density at radius 1 is 0.771 bits per heavy atom. The monoisotopic (exact) mass is 494 g/mol. The second kappa shape index (κ2) is 8.88. The predicted molar refractivity (Wildman–Crippen MR) is 147 cm³/mol. The largest absolute Gasteiger partial charge is 0.456 e. The van der Waals surface area contributed by atoms with E-state index in [4.69, 9.17) is 27.9 Å². The molecule has 0 radical (unpaired) electrons. The molecular formula is C31H22Cl2NO+. The molecule has 6 rings (SSSR count). The SMILES string of the molecule is CC[N+]1=C(/C=C2/C=C(c3ccc(Cl)cc3)C=C(c3ccc(Cl)cc3)O2)c2cccc3cccc1c23. The Labute approximate surface area is 214 Å². The highest BCUT2D eigenvalue weighted by atomic mass is 35.5. The summed E-state index contributed by atoms with van der Waals surface area (Å²) in [4.78, 5) is 0. The zero-order valence-electron chi connectivity index (χ0n) is 19.1. The lowest BCUT2D eigenvalue weighted by molar-refractivity contribution is -0.430. The minimum absolute atomic E-state index is 0.695. The molecule has 35 heavy (non-hydrogen) atoms. The van der Waals surface area contributed by atoms with E-state index in [0.717, 1.165) is 40.5 Å². The van der Waals surface area contributed by atoms with Crippen LogP contribution in [0, 0.1) is 0 Å². The molecule has 0 bridgehead atoms. The molecule has 0 aliphatic carbocycles. The van der Waals surface area contributed by atoms with E-state index in [-0.39, 0.29) is 0 Å². The van der Waals surface area contributed by atoms with Crippen molar-refractivity contribution in [3.63, 3.8) is 0 Å². The summed E-state index contributed by atoms with van der Waals surface area (Å²) in [6, 6.07) is 28.6. The van der Waals surface area contributed by atoms with E-state index in [0.29, 0.717) is 10.0 Å². The van der Waals surface area contributed by atoms with Crippen molar-refractivity contribution in [3.8, 4) is 0 Å². The molecule has 0 aromatic heterocycles. The first kappa shape index (κ1) is 21.9. The Balaban J connectivity index is 1.50. The Morgan fingerprint density at radius 3 is 2.11 bits per heavy atom. The molecule has 2 aliphatic heterocycles. The van der Waals surface area contributed by atoms with Crippen molar-refractivity contribution >= 4 is 56.7 Å². The van der Waals surface area contributed by atoms with Crippen molar-refractivity contribution in [1.29, 1.82) is 0 Å². The molecule has 0 atom stereocenters. The van der Waals surface area contributed by atoms with Gasteiger partial charge in [-0.3, -0.25) is 0 Å². The minimum atomic E-state index is 0.695. The van der Waals surface area contributed by atoms with Crippen molar-refractivity contribution in [3.05, 3.63) is 136 Å². The van der Waals surface area contributed by atoms with Gasteiger partial charge < -0.3 is 4.74 Å². The van der Waals surface area contributed by atoms with Gasteiger partial charge in [0.25, 0.3) is 0 Å². The minimum Gasteiger partial charge on any atom is -0.456 e. The topological polar surface area (TPSA) is 12.2 Å². The number of hydrogen-bond donors (Lipinski definition) is 0. The number of allylic oxidation sites excluding steroid dienone is 4. The van der Waals surface area contributed by atoms with Crippen molar-refractivity contribution in [2.24, 2.45) is 0 Å². The Morgan fingerprint density at radius 2 is 1.43 bits per heavy atom. The fraction of sp³-hybridized carbons (Fsp3) is 0.0645. The average molecular weight is 495 g/mol. The summed E-state index contributed by atoms with van der Waals surface area (Å²) < 4.78 is 8.82. The van der Waals surface area contributed by atoms with Crippen LogP contribution in [-0.4, -0.2) is 16.8 Å². The zero-order chi connectivity index (χ0) is 23.9. The average Bonchev–Trinajstić information content (AvgIpc) is 3.19. The molecule has 4 heteroatoms. The molecule has 2 nitrogen and oxygen atoms in total. The molecular weight excluding hydrogens is 473 g/mol. The van der Waals surface area contributed by atoms with E-state index in [2.05, 4.69) is 66.1 Å². The maximum atomic E-state index is 6.47. The van der Waals surface area contributed by atoms with Gasteiger partial charge in [0, 0.05) is 21.7 Å². The second-order valence-electron chi connectivity index (χ2n) is 8.58. The number of nitrogens with zero attached hydrogens (tertiary/aromatic N) is 1. The first-order valence-electron chi connectivity index (χ1n) is 11.6. The molecule has 2 aliphatic rings. The van der Waals surface area contributed by atoms with Crippen LogP contribution < -0.4 is 0 Å². The Kier molecular flexibility index (Phi) is 5.56. The summed E-state index contributed by atoms with van der Waals surface area (Å²) >= 11 is 12.3. The maximum Gasteiger partial charge on any atom is 0.217 e. The van der Waals surface area contributed by atoms with Crippen LogP contribution >= 0.6 is 23.2 Å². The van der Waals surface area contributed by atoms with Gasteiger partial charge in [-0.2, -0.15) is 4.58 Å². The highest BCUT2D eigenvalue weighted by molar-refractivity contribution is 6.31. The molecule has 0 amide bonds. The molecule has 0 saturated carbocycles. The van der Waals surface area contributed by atoms with Gasteiger partial charge in [-0.25, -0.2) is 0 Å². The molecule has 0 N–H and O–H groups in total. The molecule has 4 aromatic carbocycles. The first-order chi connectivity index (χ1) is 17.1. The number of hydrogen-bond acceptors (Lipinski definition) is 1. The van der Waals surface area contributed by atoms with Gasteiger partial charge in [-0.1, -0.05) is 59.6 Å². The molecule has 2 heterocycles. The third-order valence-electron chi connectivity index (χ3n) is 6.45. The van der Waals surface area contributed by atoms with Crippen molar-refractivity contribution in [1.82, 2.24) is 0 Å². The smallest absolute Gasteiger partial charge is 0.217 e. The van der Waals surface area contributed by atoms with Gasteiger partial charge in [0.15, 0.2) is 0 Å². The van der Waals surface area contributed by atoms with E-state index < -0.39 is 0 Å². The summed E-state index contributed by atoms with van der Waals surface area (Å²) in [6.07, 6.45) is 6.31. The molecule has 0 spiro atoms. The van der Waals surface area contributed by atoms with Crippen LogP contribution in [0.5, 0.6) is 0 Å². The summed E-state index contributed by atoms with van der Waals surface area (Å²) in [5, 5.41) is 3.94. The van der Waals surface area contributed by atoms with Gasteiger partial charge in [0.05, 0.1) is 17.0 Å². The van der Waals surface area contributed by atoms with Crippen molar-refractivity contribution < 1.29 is 9.31 Å². The van der Waals surface area contributed by atoms with E-state index in [1.807, 2.05) is 48.5 Å². The van der Waals surface area contributed by atoms with Crippen molar-refractivity contribution in [2.75, 3.05) is 6.54 Å². The van der Waals surface area contributed by atoms with Crippen molar-refractivity contribution in [2.45, 2.75) is 6.92 Å². The standard InChI is InChI=1S/C31H22Cl2NO/c1-2-34-28-8-4-6-22-5-3-7-27(31(22)28)29(34)19-26-17-23(20-9-13-24(32)14-10-20)18-30(35-26)21-11-15-25(33)16-12-21/h3-19H,2H2,1H3/q+1/b26-19-. The molecule has 0 fully saturated rings. The van der Waals surface area contributed by atoms with Gasteiger partial charge in [-0.05, 0) is 78.1 Å². The number of ether oxygens (including phenoxy) is 1. The Hall–Kier alpha value is -3.59. The maximum absolute atomic E-state index is 6.47. The highest BCUT2D eigenvalue weighted by Gasteiger charge is 2.30. The van der Waals surface area contributed by atoms with Gasteiger partial charge >= 0.3 is 0 Å². The fourth-order valence-electron chi connectivity index (χ4n) is 4.82. The number of rotatable bonds is 4. The summed E-state index contributed by atoms with van der Waals surface area (Å²) in [5.41, 5.74) is 6.69. The van der Waals surface area contributed by atoms with Crippen LogP contribution in [0.2, 0.25) is 10.0 Å². The van der Waals surface area contributed by atoms with E-state index >= 15 is 0 Å². The zero-order valence-corrected chi connectivity index (χ0v) is 20.6. The lowest BCUT2D eigenvalue weighted by atomic mass is 9.99. The van der Waals surface area contributed by atoms with Gasteiger partial charge in [0.2, 0.25) is 11.4 Å². The highest BCUT2D eigenvalue weighted by Crippen LogP contribution is 2.37. The quantitative estimate of drug-likeness (QED) is 0.258. The fourth-order valence-corrected chi connectivity index (χ4v) is 5.08. The predicted octanol–water partition coefficient (Wildman–Crippen LogP) is 8.65. The summed E-state index contributed by atoms with van der Waals surface area (Å²) in [6.45, 7) is 3.04. The van der Waals surface area contributed by atoms with Crippen LogP contribution in [0.1, 0.15) is 23.6 Å². The van der Waals surface area contributed by atoms with E-state index in [9.17, 15) is 0 Å². The second-order valence-corrected chi connectivity index (χ2v) is 9.45. The molecule has 4 aromatic rings. The summed E-state index contributed by atoms with van der Waals surface area (Å²) in [5.74, 6) is 1.55. The number of benzene rings is 4. The van der Waals surface area contributed by atoms with Crippen LogP contribution in [0.25, 0.3) is 22.1 Å². The van der Waals surface area contributed by atoms with Gasteiger partial charge in [-0.15, -0.1) is 0 Å². The van der Waals surface area contributed by atoms with Gasteiger partial charge in [0.1, 0.15) is 18.1 Å². The van der Waals surface area contributed by atoms with Crippen LogP contribution in [-0.2, 0) is 4.74 Å². The molecule has 170 valence electrons. The third kappa shape index (κ3) is 3.99. The van der Waals surface area contributed by atoms with E-state index in [1.54, 1.807) is 0 Å². The van der Waals surface area contributed by atoms with Crippen LogP contribution in [0.4, 0.5) is 5.69 Å². The Bertz CT molecular complexity index is 1580. The van der Waals surface area contributed by atoms with E-state index in [1.165, 1.54) is 22.0 Å². The lowest BCUT2D eigenvalue weighted by Gasteiger charge is -2.18. The normalized spacial score (nSPS) is 15.9. The van der Waals surface area contributed by atoms with Crippen LogP contribution in [0.15, 0.2) is 109 Å². The lowest BCUT2D eigenvalue weighted by Crippen LogP contribution is -2.12. The van der Waals surface area contributed by atoms with Crippen LogP contribution in [0.3, 0.4) is 0 Å².